The van der Waals surface area contributed by atoms with Gasteiger partial charge in [-0.3, -0.25) is 9.78 Å². The lowest BCUT2D eigenvalue weighted by atomic mass is 10.0. The predicted octanol–water partition coefficient (Wildman–Crippen LogP) is 4.95. The number of imide groups is 1. The van der Waals surface area contributed by atoms with Crippen LogP contribution >= 0.6 is 0 Å². The van der Waals surface area contributed by atoms with Crippen LogP contribution in [0, 0.1) is 5.82 Å². The molecule has 0 fully saturated rings. The Morgan fingerprint density at radius 2 is 1.89 bits per heavy atom. The summed E-state index contributed by atoms with van der Waals surface area (Å²) in [5.74, 6) is -1.51. The summed E-state index contributed by atoms with van der Waals surface area (Å²) in [6.07, 6.45) is -2.29. The summed E-state index contributed by atoms with van der Waals surface area (Å²) in [5.41, 5.74) is 0.0471. The van der Waals surface area contributed by atoms with E-state index < -0.39 is 35.2 Å². The first-order chi connectivity index (χ1) is 16.3. The van der Waals surface area contributed by atoms with Gasteiger partial charge < -0.3 is 4.74 Å². The van der Waals surface area contributed by atoms with Crippen molar-refractivity contribution in [3.05, 3.63) is 76.6 Å². The Hall–Kier alpha value is -3.76. The van der Waals surface area contributed by atoms with Crippen LogP contribution in [0.5, 0.6) is 0 Å². The molecule has 0 saturated carbocycles. The maximum Gasteiger partial charge on any atom is 0.417 e. The summed E-state index contributed by atoms with van der Waals surface area (Å²) in [7, 11) is 0. The molecule has 0 bridgehead atoms. The molecule has 1 aliphatic rings. The minimum Gasteiger partial charge on any atom is -0.443 e. The lowest BCUT2D eigenvalue weighted by Gasteiger charge is -2.28. The van der Waals surface area contributed by atoms with E-state index in [1.165, 1.54) is 17.1 Å². The highest BCUT2D eigenvalue weighted by Crippen LogP contribution is 2.31. The first-order valence-electron chi connectivity index (χ1n) is 10.8. The van der Waals surface area contributed by atoms with Crippen LogP contribution in [0.4, 0.5) is 22.4 Å². The van der Waals surface area contributed by atoms with Gasteiger partial charge in [-0.1, -0.05) is 0 Å². The maximum atomic E-state index is 13.8. The van der Waals surface area contributed by atoms with Gasteiger partial charge in [0, 0.05) is 31.3 Å². The molecule has 0 radical (unpaired) electrons. The highest BCUT2D eigenvalue weighted by molar-refractivity contribution is 6.04. The molecule has 0 atom stereocenters. The summed E-state index contributed by atoms with van der Waals surface area (Å²) >= 11 is 0. The molecule has 0 spiro atoms. The van der Waals surface area contributed by atoms with Crippen molar-refractivity contribution in [2.24, 2.45) is 0 Å². The Morgan fingerprint density at radius 3 is 2.57 bits per heavy atom. The molecule has 3 aromatic rings. The van der Waals surface area contributed by atoms with Gasteiger partial charge in [-0.2, -0.15) is 18.3 Å². The van der Waals surface area contributed by atoms with Crippen LogP contribution in [0.15, 0.2) is 42.7 Å². The van der Waals surface area contributed by atoms with E-state index in [0.29, 0.717) is 29.6 Å². The fourth-order valence-electron chi connectivity index (χ4n) is 3.79. The summed E-state index contributed by atoms with van der Waals surface area (Å²) in [5, 5.41) is 4.28. The van der Waals surface area contributed by atoms with Crippen LogP contribution in [-0.2, 0) is 23.8 Å². The third-order valence-electron chi connectivity index (χ3n) is 5.25. The standard InChI is InChI=1S/C24H22F4N4O3/c1-23(2,3)35-22(34)31-7-5-20-19(21(31)33)13-30-32(20)18-4-6-29-17(12-18)10-14-8-15(24(26,27)28)11-16(25)9-14/h4,6,8-9,11-13H,5,7,10H2,1-3H3. The number of hydrogen-bond acceptors (Lipinski definition) is 5. The van der Waals surface area contributed by atoms with E-state index in [2.05, 4.69) is 10.1 Å². The fourth-order valence-corrected chi connectivity index (χ4v) is 3.79. The zero-order valence-electron chi connectivity index (χ0n) is 19.2. The topological polar surface area (TPSA) is 77.3 Å². The second-order valence-electron chi connectivity index (χ2n) is 9.13. The number of hydrogen-bond donors (Lipinski definition) is 0. The van der Waals surface area contributed by atoms with Crippen molar-refractivity contribution in [2.75, 3.05) is 6.54 Å². The molecule has 1 aromatic carbocycles. The molecule has 2 aromatic heterocycles. The third-order valence-corrected chi connectivity index (χ3v) is 5.25. The molecule has 35 heavy (non-hydrogen) atoms. The Labute approximate surface area is 198 Å². The fraction of sp³-hybridized carbons (Fsp3) is 0.333. The normalized spacial score (nSPS) is 14.1. The minimum atomic E-state index is -4.67. The monoisotopic (exact) mass is 490 g/mol. The zero-order chi connectivity index (χ0) is 25.5. The van der Waals surface area contributed by atoms with Crippen LogP contribution in [0.2, 0.25) is 0 Å². The first kappa shape index (κ1) is 24.4. The summed E-state index contributed by atoms with van der Waals surface area (Å²) in [4.78, 5) is 30.5. The quantitative estimate of drug-likeness (QED) is 0.486. The van der Waals surface area contributed by atoms with Gasteiger partial charge in [0.15, 0.2) is 0 Å². The largest absolute Gasteiger partial charge is 0.443 e. The number of ether oxygens (including phenoxy) is 1. The number of fused-ring (bicyclic) bond motifs is 1. The van der Waals surface area contributed by atoms with E-state index in [4.69, 9.17) is 4.74 Å². The molecule has 11 heteroatoms. The van der Waals surface area contributed by atoms with E-state index in [1.54, 1.807) is 32.9 Å². The molecule has 184 valence electrons. The highest BCUT2D eigenvalue weighted by Gasteiger charge is 2.35. The Kier molecular flexibility index (Phi) is 6.12. The molecule has 1 aliphatic heterocycles. The van der Waals surface area contributed by atoms with Crippen molar-refractivity contribution < 1.29 is 31.9 Å². The number of carbonyl (C=O) groups excluding carboxylic acids is 2. The van der Waals surface area contributed by atoms with Crippen LogP contribution in [0.1, 0.15) is 53.6 Å². The smallest absolute Gasteiger partial charge is 0.417 e. The number of pyridine rings is 1. The van der Waals surface area contributed by atoms with Crippen LogP contribution in [0.25, 0.3) is 5.69 Å². The second kappa shape index (κ2) is 8.79. The van der Waals surface area contributed by atoms with Crippen LogP contribution < -0.4 is 0 Å². The van der Waals surface area contributed by atoms with E-state index in [-0.39, 0.29) is 24.1 Å². The number of benzene rings is 1. The molecular formula is C24H22F4N4O3. The lowest BCUT2D eigenvalue weighted by molar-refractivity contribution is -0.137. The molecule has 2 amide bonds. The summed E-state index contributed by atoms with van der Waals surface area (Å²) in [6.45, 7) is 5.22. The van der Waals surface area contributed by atoms with Gasteiger partial charge in [-0.05, 0) is 56.7 Å². The minimum absolute atomic E-state index is 0.0382. The van der Waals surface area contributed by atoms with Crippen LogP contribution in [-0.4, -0.2) is 43.8 Å². The molecular weight excluding hydrogens is 468 g/mol. The SMILES string of the molecule is CC(C)(C)OC(=O)N1CCc2c(cnn2-c2ccnc(Cc3cc(F)cc(C(F)(F)F)c3)c2)C1=O. The van der Waals surface area contributed by atoms with Crippen molar-refractivity contribution >= 4 is 12.0 Å². The second-order valence-corrected chi connectivity index (χ2v) is 9.13. The van der Waals surface area contributed by atoms with E-state index in [0.717, 1.165) is 17.0 Å². The average Bonchev–Trinajstić information content (AvgIpc) is 3.17. The van der Waals surface area contributed by atoms with Gasteiger partial charge in [0.05, 0.1) is 28.7 Å². The number of alkyl halides is 3. The van der Waals surface area contributed by atoms with Gasteiger partial charge >= 0.3 is 12.3 Å². The van der Waals surface area contributed by atoms with Crippen molar-refractivity contribution in [1.82, 2.24) is 19.7 Å². The van der Waals surface area contributed by atoms with E-state index >= 15 is 0 Å². The van der Waals surface area contributed by atoms with Gasteiger partial charge in [0.25, 0.3) is 5.91 Å². The number of rotatable bonds is 3. The third kappa shape index (κ3) is 5.33. The van der Waals surface area contributed by atoms with Crippen molar-refractivity contribution in [3.8, 4) is 5.69 Å². The zero-order valence-corrected chi connectivity index (χ0v) is 19.2. The molecule has 0 unspecified atom stereocenters. The number of aromatic nitrogens is 3. The van der Waals surface area contributed by atoms with Crippen molar-refractivity contribution in [3.63, 3.8) is 0 Å². The Balaban J connectivity index is 1.59. The number of nitrogens with zero attached hydrogens (tertiary/aromatic N) is 4. The molecule has 0 saturated heterocycles. The average molecular weight is 490 g/mol. The van der Waals surface area contributed by atoms with Gasteiger partial charge in [0.1, 0.15) is 11.4 Å². The Morgan fingerprint density at radius 1 is 1.14 bits per heavy atom. The Bertz CT molecular complexity index is 1290. The summed E-state index contributed by atoms with van der Waals surface area (Å²) in [6, 6.07) is 5.60. The first-order valence-corrected chi connectivity index (χ1v) is 10.8. The molecule has 3 heterocycles. The number of carbonyl (C=O) groups is 2. The number of halogens is 4. The highest BCUT2D eigenvalue weighted by atomic mass is 19.4. The molecule has 0 aliphatic carbocycles. The van der Waals surface area contributed by atoms with Gasteiger partial charge in [-0.25, -0.2) is 18.8 Å². The predicted molar refractivity (Wildman–Crippen MR) is 117 cm³/mol. The van der Waals surface area contributed by atoms with E-state index in [9.17, 15) is 27.2 Å². The molecule has 0 N–H and O–H groups in total. The summed E-state index contributed by atoms with van der Waals surface area (Å²) < 4.78 is 59.7. The van der Waals surface area contributed by atoms with E-state index in [1.807, 2.05) is 0 Å². The van der Waals surface area contributed by atoms with Crippen molar-refractivity contribution in [1.29, 1.82) is 0 Å². The van der Waals surface area contributed by atoms with Gasteiger partial charge in [0.2, 0.25) is 0 Å². The van der Waals surface area contributed by atoms with Gasteiger partial charge in [-0.15, -0.1) is 0 Å². The molecule has 7 nitrogen and oxygen atoms in total. The molecule has 4 rings (SSSR count). The number of amides is 2. The van der Waals surface area contributed by atoms with Crippen molar-refractivity contribution in [2.45, 2.75) is 45.4 Å². The van der Waals surface area contributed by atoms with Crippen LogP contribution in [0.3, 0.4) is 0 Å². The lowest BCUT2D eigenvalue weighted by Crippen LogP contribution is -2.44. The maximum absolute atomic E-state index is 13.8.